The van der Waals surface area contributed by atoms with E-state index in [1.807, 2.05) is 18.2 Å². The molecular formula is C18H20ClN5O2S2. The molecule has 3 heterocycles. The highest BCUT2D eigenvalue weighted by Gasteiger charge is 2.30. The summed E-state index contributed by atoms with van der Waals surface area (Å²) in [6.07, 6.45) is 3.77. The summed E-state index contributed by atoms with van der Waals surface area (Å²) in [6, 6.07) is 6.19. The molecule has 0 bridgehead atoms. The van der Waals surface area contributed by atoms with Gasteiger partial charge in [-0.2, -0.15) is 8.42 Å². The number of thiazole rings is 1. The predicted molar refractivity (Wildman–Crippen MR) is 111 cm³/mol. The number of aryl methyl sites for hydroxylation is 1. The number of imidazole rings is 1. The fraction of sp³-hybridized carbons (Fsp3) is 0.389. The molecule has 28 heavy (non-hydrogen) atoms. The summed E-state index contributed by atoms with van der Waals surface area (Å²) in [5.41, 5.74) is 3.08. The van der Waals surface area contributed by atoms with Crippen molar-refractivity contribution in [2.45, 2.75) is 23.9 Å². The number of rotatable bonds is 4. The Morgan fingerprint density at radius 3 is 2.93 bits per heavy atom. The van der Waals surface area contributed by atoms with Gasteiger partial charge in [0.15, 0.2) is 15.1 Å². The molecule has 1 aliphatic carbocycles. The molecule has 1 atom stereocenters. The predicted octanol–water partition coefficient (Wildman–Crippen LogP) is 2.74. The third-order valence-electron chi connectivity index (χ3n) is 5.47. The van der Waals surface area contributed by atoms with Gasteiger partial charge in [-0.05, 0) is 36.1 Å². The van der Waals surface area contributed by atoms with Crippen LogP contribution in [0.2, 0.25) is 5.15 Å². The highest BCUT2D eigenvalue weighted by molar-refractivity contribution is 7.92. The van der Waals surface area contributed by atoms with E-state index in [1.165, 1.54) is 26.9 Å². The van der Waals surface area contributed by atoms with E-state index in [4.69, 9.17) is 11.6 Å². The minimum Gasteiger partial charge on any atom is -0.314 e. The lowest BCUT2D eigenvalue weighted by Gasteiger charge is -2.33. The summed E-state index contributed by atoms with van der Waals surface area (Å²) in [4.78, 5) is 7.17. The molecule has 1 saturated heterocycles. The number of piperazine rings is 1. The van der Waals surface area contributed by atoms with Gasteiger partial charge in [-0.25, -0.2) is 4.98 Å². The fourth-order valence-corrected chi connectivity index (χ4v) is 6.70. The zero-order valence-electron chi connectivity index (χ0n) is 15.1. The second-order valence-corrected chi connectivity index (χ2v) is 9.95. The van der Waals surface area contributed by atoms with E-state index >= 15 is 0 Å². The molecule has 2 N–H and O–H groups in total. The lowest BCUT2D eigenvalue weighted by atomic mass is 10.1. The Hall–Kier alpha value is -1.65. The van der Waals surface area contributed by atoms with Crippen molar-refractivity contribution in [3.8, 4) is 0 Å². The number of nitrogens with zero attached hydrogens (tertiary/aromatic N) is 3. The van der Waals surface area contributed by atoms with Crippen LogP contribution in [0.25, 0.3) is 4.96 Å². The topological polar surface area (TPSA) is 78.7 Å². The Morgan fingerprint density at radius 2 is 2.11 bits per heavy atom. The van der Waals surface area contributed by atoms with Gasteiger partial charge in [-0.15, -0.1) is 11.3 Å². The number of sulfonamides is 1. The fourth-order valence-electron chi connectivity index (χ4n) is 4.20. The molecular weight excluding hydrogens is 418 g/mol. The Bertz CT molecular complexity index is 1130. The van der Waals surface area contributed by atoms with Gasteiger partial charge in [0.1, 0.15) is 0 Å². The van der Waals surface area contributed by atoms with Gasteiger partial charge in [0, 0.05) is 49.5 Å². The van der Waals surface area contributed by atoms with Gasteiger partial charge in [-0.1, -0.05) is 17.7 Å². The standard InChI is InChI=1S/C18H20ClN5O2S2/c19-16-17(24-9-10-27-18(24)21-16)28(25,26)22-13-3-1-12-2-4-15(14(12)11-13)23-7-5-20-6-8-23/h1,3,9-11,15,20,22H,2,4-8H2. The molecule has 10 heteroatoms. The van der Waals surface area contributed by atoms with Crippen molar-refractivity contribution in [2.24, 2.45) is 0 Å². The van der Waals surface area contributed by atoms with Crippen molar-refractivity contribution >= 4 is 43.6 Å². The van der Waals surface area contributed by atoms with Gasteiger partial charge in [-0.3, -0.25) is 14.0 Å². The van der Waals surface area contributed by atoms with Gasteiger partial charge >= 0.3 is 0 Å². The number of hydrogen-bond donors (Lipinski definition) is 2. The van der Waals surface area contributed by atoms with Crippen LogP contribution in [0.3, 0.4) is 0 Å². The molecule has 7 nitrogen and oxygen atoms in total. The summed E-state index contributed by atoms with van der Waals surface area (Å²) >= 11 is 7.46. The van der Waals surface area contributed by atoms with Crippen molar-refractivity contribution in [2.75, 3.05) is 30.9 Å². The number of anilines is 1. The molecule has 0 amide bonds. The number of nitrogens with one attached hydrogen (secondary N) is 2. The second-order valence-electron chi connectivity index (χ2n) is 7.12. The summed E-state index contributed by atoms with van der Waals surface area (Å²) in [5.74, 6) is 0. The van der Waals surface area contributed by atoms with Crippen molar-refractivity contribution in [1.82, 2.24) is 19.6 Å². The molecule has 0 saturated carbocycles. The minimum absolute atomic E-state index is 0.0146. The number of hydrogen-bond acceptors (Lipinski definition) is 6. The van der Waals surface area contributed by atoms with Crippen LogP contribution in [0.4, 0.5) is 5.69 Å². The van der Waals surface area contributed by atoms with Crippen LogP contribution in [-0.2, 0) is 16.4 Å². The monoisotopic (exact) mass is 437 g/mol. The third-order valence-corrected chi connectivity index (χ3v) is 8.01. The van der Waals surface area contributed by atoms with Crippen LogP contribution < -0.4 is 10.0 Å². The maximum Gasteiger partial charge on any atom is 0.281 e. The lowest BCUT2D eigenvalue weighted by molar-refractivity contribution is 0.173. The van der Waals surface area contributed by atoms with Crippen LogP contribution in [0, 0.1) is 0 Å². The normalized spacial score (nSPS) is 20.5. The van der Waals surface area contributed by atoms with Crippen LogP contribution in [0.15, 0.2) is 34.8 Å². The van der Waals surface area contributed by atoms with Gasteiger partial charge in [0.2, 0.25) is 0 Å². The van der Waals surface area contributed by atoms with E-state index in [1.54, 1.807) is 11.6 Å². The van der Waals surface area contributed by atoms with Crippen molar-refractivity contribution in [3.05, 3.63) is 46.1 Å². The zero-order valence-corrected chi connectivity index (χ0v) is 17.4. The Morgan fingerprint density at radius 1 is 1.29 bits per heavy atom. The van der Waals surface area contributed by atoms with Crippen molar-refractivity contribution in [1.29, 1.82) is 0 Å². The van der Waals surface area contributed by atoms with Crippen LogP contribution >= 0.6 is 22.9 Å². The number of fused-ring (bicyclic) bond motifs is 2. The molecule has 0 spiro atoms. The molecule has 1 aliphatic heterocycles. The highest BCUT2D eigenvalue weighted by atomic mass is 35.5. The van der Waals surface area contributed by atoms with Crippen LogP contribution in [0.5, 0.6) is 0 Å². The molecule has 1 fully saturated rings. The van der Waals surface area contributed by atoms with Gasteiger partial charge in [0.25, 0.3) is 10.0 Å². The third kappa shape index (κ3) is 3.11. The quantitative estimate of drug-likeness (QED) is 0.656. The molecule has 0 radical (unpaired) electrons. The maximum absolute atomic E-state index is 13.0. The molecule has 1 aromatic carbocycles. The summed E-state index contributed by atoms with van der Waals surface area (Å²) < 4.78 is 30.2. The van der Waals surface area contributed by atoms with Gasteiger partial charge < -0.3 is 5.32 Å². The Balaban J connectivity index is 1.46. The van der Waals surface area contributed by atoms with Crippen molar-refractivity contribution < 1.29 is 8.42 Å². The van der Waals surface area contributed by atoms with Crippen LogP contribution in [0.1, 0.15) is 23.6 Å². The van der Waals surface area contributed by atoms with E-state index in [2.05, 4.69) is 19.9 Å². The van der Waals surface area contributed by atoms with Crippen molar-refractivity contribution in [3.63, 3.8) is 0 Å². The van der Waals surface area contributed by atoms with E-state index in [-0.39, 0.29) is 10.2 Å². The molecule has 148 valence electrons. The lowest BCUT2D eigenvalue weighted by Crippen LogP contribution is -2.44. The van der Waals surface area contributed by atoms with E-state index in [0.29, 0.717) is 16.7 Å². The summed E-state index contributed by atoms with van der Waals surface area (Å²) in [7, 11) is -3.86. The first-order valence-electron chi connectivity index (χ1n) is 9.24. The molecule has 2 aromatic heterocycles. The SMILES string of the molecule is O=S(=O)(Nc1ccc2c(c1)C(N1CCNCC1)CC2)c1c(Cl)nc2sccn12. The summed E-state index contributed by atoms with van der Waals surface area (Å²) in [5, 5.41) is 5.13. The van der Waals surface area contributed by atoms with Crippen LogP contribution in [-0.4, -0.2) is 48.9 Å². The largest absolute Gasteiger partial charge is 0.314 e. The zero-order chi connectivity index (χ0) is 19.3. The number of aromatic nitrogens is 2. The second kappa shape index (κ2) is 7.00. The highest BCUT2D eigenvalue weighted by Crippen LogP contribution is 2.38. The minimum atomic E-state index is -3.86. The molecule has 5 rings (SSSR count). The summed E-state index contributed by atoms with van der Waals surface area (Å²) in [6.45, 7) is 4.02. The first-order valence-corrected chi connectivity index (χ1v) is 12.0. The molecule has 2 aliphatic rings. The first-order chi connectivity index (χ1) is 13.5. The average Bonchev–Trinajstić information content (AvgIpc) is 3.35. The first kappa shape index (κ1) is 18.4. The Kier molecular flexibility index (Phi) is 4.59. The van der Waals surface area contributed by atoms with E-state index in [9.17, 15) is 8.42 Å². The number of halogens is 1. The molecule has 1 unspecified atom stereocenters. The number of benzene rings is 1. The smallest absolute Gasteiger partial charge is 0.281 e. The average molecular weight is 438 g/mol. The Labute approximate surface area is 172 Å². The van der Waals surface area contributed by atoms with E-state index < -0.39 is 10.0 Å². The maximum atomic E-state index is 13.0. The van der Waals surface area contributed by atoms with Gasteiger partial charge in [0.05, 0.1) is 0 Å². The van der Waals surface area contributed by atoms with E-state index in [0.717, 1.165) is 39.0 Å². The molecule has 3 aromatic rings.